The maximum absolute atomic E-state index is 11.5. The van der Waals surface area contributed by atoms with E-state index < -0.39 is 10.8 Å². The van der Waals surface area contributed by atoms with Crippen LogP contribution in [0.5, 0.6) is 5.75 Å². The van der Waals surface area contributed by atoms with Gasteiger partial charge in [0.25, 0.3) is 0 Å². The van der Waals surface area contributed by atoms with Gasteiger partial charge in [-0.2, -0.15) is 0 Å². The van der Waals surface area contributed by atoms with E-state index in [9.17, 15) is 9.00 Å². The van der Waals surface area contributed by atoms with Gasteiger partial charge in [-0.3, -0.25) is 4.21 Å². The Hall–Kier alpha value is -1.56. The van der Waals surface area contributed by atoms with E-state index in [0.29, 0.717) is 31.4 Å². The summed E-state index contributed by atoms with van der Waals surface area (Å²) in [5.41, 5.74) is 0.977. The molecule has 1 aromatic carbocycles. The van der Waals surface area contributed by atoms with Crippen molar-refractivity contribution in [2.45, 2.75) is 20.4 Å². The van der Waals surface area contributed by atoms with Crippen molar-refractivity contribution < 1.29 is 13.7 Å². The predicted octanol–water partition coefficient (Wildman–Crippen LogP) is 1.90. The maximum Gasteiger partial charge on any atom is 0.315 e. The number of urea groups is 1. The van der Waals surface area contributed by atoms with Crippen molar-refractivity contribution in [2.24, 2.45) is 5.92 Å². The Balaban J connectivity index is 2.35. The highest BCUT2D eigenvalue weighted by atomic mass is 32.2. The van der Waals surface area contributed by atoms with Crippen LogP contribution in [0, 0.1) is 5.92 Å². The minimum Gasteiger partial charge on any atom is -0.493 e. The van der Waals surface area contributed by atoms with Crippen molar-refractivity contribution in [3.63, 3.8) is 0 Å². The molecule has 2 N–H and O–H groups in total. The van der Waals surface area contributed by atoms with Gasteiger partial charge in [-0.1, -0.05) is 26.0 Å². The fourth-order valence-corrected chi connectivity index (χ4v) is 1.95. The molecule has 0 radical (unpaired) electrons. The number of carbonyl (C=O) groups excluding carboxylic acids is 1. The van der Waals surface area contributed by atoms with E-state index in [1.807, 2.05) is 24.3 Å². The van der Waals surface area contributed by atoms with Gasteiger partial charge in [-0.25, -0.2) is 4.79 Å². The summed E-state index contributed by atoms with van der Waals surface area (Å²) < 4.78 is 16.5. The molecule has 0 aromatic heterocycles. The van der Waals surface area contributed by atoms with Crippen molar-refractivity contribution in [1.29, 1.82) is 0 Å². The first kappa shape index (κ1) is 17.5. The molecule has 1 aromatic rings. The predicted molar refractivity (Wildman–Crippen MR) is 85.9 cm³/mol. The summed E-state index contributed by atoms with van der Waals surface area (Å²) >= 11 is 0. The molecule has 0 aliphatic carbocycles. The molecule has 0 aliphatic rings. The Labute approximate surface area is 128 Å². The van der Waals surface area contributed by atoms with E-state index in [-0.39, 0.29) is 6.03 Å². The largest absolute Gasteiger partial charge is 0.493 e. The van der Waals surface area contributed by atoms with Crippen molar-refractivity contribution in [1.82, 2.24) is 10.6 Å². The Bertz CT molecular complexity index is 478. The van der Waals surface area contributed by atoms with Gasteiger partial charge in [0.15, 0.2) is 0 Å². The van der Waals surface area contributed by atoms with E-state index in [1.165, 1.54) is 0 Å². The van der Waals surface area contributed by atoms with Crippen LogP contribution in [-0.2, 0) is 17.3 Å². The second-order valence-electron chi connectivity index (χ2n) is 5.24. The van der Waals surface area contributed by atoms with Crippen molar-refractivity contribution >= 4 is 16.8 Å². The molecule has 21 heavy (non-hydrogen) atoms. The van der Waals surface area contributed by atoms with Crippen molar-refractivity contribution in [3.05, 3.63) is 29.8 Å². The standard InChI is InChI=1S/C15H24N2O3S/c1-12(2)11-20-14-6-4-5-13(9-14)10-17-15(18)16-7-8-21(3)19/h4-6,9,12H,7-8,10-11H2,1-3H3,(H2,16,17,18)/t21-/m0/s1. The van der Waals surface area contributed by atoms with Crippen LogP contribution < -0.4 is 15.4 Å². The molecule has 0 spiro atoms. The summed E-state index contributed by atoms with van der Waals surface area (Å²) in [5.74, 6) is 1.75. The molecule has 6 heteroatoms. The second kappa shape index (κ2) is 9.39. The molecule has 1 rings (SSSR count). The molecular formula is C15H24N2O3S. The molecule has 0 saturated carbocycles. The van der Waals surface area contributed by atoms with Gasteiger partial charge < -0.3 is 15.4 Å². The Kier molecular flexibility index (Phi) is 7.82. The third-order valence-electron chi connectivity index (χ3n) is 2.61. The SMILES string of the molecule is CC(C)COc1cccc(CNC(=O)NCC[S@](C)=O)c1. The van der Waals surface area contributed by atoms with Gasteiger partial charge in [0.2, 0.25) is 0 Å². The highest BCUT2D eigenvalue weighted by Crippen LogP contribution is 2.14. The van der Waals surface area contributed by atoms with Crippen LogP contribution in [0.4, 0.5) is 4.79 Å². The summed E-state index contributed by atoms with van der Waals surface area (Å²) in [7, 11) is -0.890. The van der Waals surface area contributed by atoms with Gasteiger partial charge in [-0.05, 0) is 23.6 Å². The molecule has 0 fully saturated rings. The van der Waals surface area contributed by atoms with E-state index >= 15 is 0 Å². The van der Waals surface area contributed by atoms with Gasteiger partial charge in [0, 0.05) is 35.9 Å². The van der Waals surface area contributed by atoms with Gasteiger partial charge in [0.1, 0.15) is 5.75 Å². The highest BCUT2D eigenvalue weighted by molar-refractivity contribution is 7.84. The lowest BCUT2D eigenvalue weighted by molar-refractivity contribution is 0.241. The third-order valence-corrected chi connectivity index (χ3v) is 3.39. The Morgan fingerprint density at radius 3 is 2.76 bits per heavy atom. The number of carbonyl (C=O) groups is 1. The van der Waals surface area contributed by atoms with E-state index in [4.69, 9.17) is 4.74 Å². The average Bonchev–Trinajstić information content (AvgIpc) is 2.43. The number of amides is 2. The van der Waals surface area contributed by atoms with E-state index in [1.54, 1.807) is 6.26 Å². The second-order valence-corrected chi connectivity index (χ2v) is 6.79. The minimum absolute atomic E-state index is 0.256. The quantitative estimate of drug-likeness (QED) is 0.770. The van der Waals surface area contributed by atoms with Crippen LogP contribution in [0.2, 0.25) is 0 Å². The van der Waals surface area contributed by atoms with Crippen LogP contribution in [0.15, 0.2) is 24.3 Å². The molecule has 0 heterocycles. The average molecular weight is 312 g/mol. The number of hydrogen-bond acceptors (Lipinski definition) is 3. The van der Waals surface area contributed by atoms with Crippen molar-refractivity contribution in [2.75, 3.05) is 25.2 Å². The summed E-state index contributed by atoms with van der Waals surface area (Å²) in [6.07, 6.45) is 1.61. The van der Waals surface area contributed by atoms with Crippen LogP contribution in [-0.4, -0.2) is 35.4 Å². The van der Waals surface area contributed by atoms with E-state index in [2.05, 4.69) is 24.5 Å². The maximum atomic E-state index is 11.5. The van der Waals surface area contributed by atoms with Gasteiger partial charge in [-0.15, -0.1) is 0 Å². The summed E-state index contributed by atoms with van der Waals surface area (Å²) in [6.45, 7) is 5.70. The van der Waals surface area contributed by atoms with Crippen molar-refractivity contribution in [3.8, 4) is 5.75 Å². The van der Waals surface area contributed by atoms with Crippen LogP contribution >= 0.6 is 0 Å². The molecule has 118 valence electrons. The van der Waals surface area contributed by atoms with Gasteiger partial charge >= 0.3 is 6.03 Å². The van der Waals surface area contributed by atoms with Crippen LogP contribution in [0.25, 0.3) is 0 Å². The number of hydrogen-bond donors (Lipinski definition) is 2. The first-order valence-corrected chi connectivity index (χ1v) is 8.73. The molecule has 0 bridgehead atoms. The smallest absolute Gasteiger partial charge is 0.315 e. The number of rotatable bonds is 8. The highest BCUT2D eigenvalue weighted by Gasteiger charge is 2.02. The fourth-order valence-electron chi connectivity index (χ4n) is 1.56. The molecule has 0 saturated heterocycles. The lowest BCUT2D eigenvalue weighted by Gasteiger charge is -2.11. The topological polar surface area (TPSA) is 67.4 Å². The monoisotopic (exact) mass is 312 g/mol. The first-order chi connectivity index (χ1) is 9.97. The van der Waals surface area contributed by atoms with Gasteiger partial charge in [0.05, 0.1) is 6.61 Å². The Morgan fingerprint density at radius 1 is 1.33 bits per heavy atom. The van der Waals surface area contributed by atoms with Crippen LogP contribution in [0.3, 0.4) is 0 Å². The number of nitrogens with one attached hydrogen (secondary N) is 2. The summed E-state index contributed by atoms with van der Waals surface area (Å²) in [6, 6.07) is 7.41. The first-order valence-electron chi connectivity index (χ1n) is 7.01. The zero-order valence-corrected chi connectivity index (χ0v) is 13.7. The minimum atomic E-state index is -0.890. The molecule has 2 amide bonds. The summed E-state index contributed by atoms with van der Waals surface area (Å²) in [4.78, 5) is 11.5. The number of benzene rings is 1. The zero-order chi connectivity index (χ0) is 15.7. The summed E-state index contributed by atoms with van der Waals surface area (Å²) in [5, 5.41) is 5.42. The lowest BCUT2D eigenvalue weighted by Crippen LogP contribution is -2.37. The molecule has 0 aliphatic heterocycles. The molecular weight excluding hydrogens is 288 g/mol. The normalized spacial score (nSPS) is 12.0. The zero-order valence-electron chi connectivity index (χ0n) is 12.8. The Morgan fingerprint density at radius 2 is 2.10 bits per heavy atom. The lowest BCUT2D eigenvalue weighted by atomic mass is 10.2. The van der Waals surface area contributed by atoms with Crippen LogP contribution in [0.1, 0.15) is 19.4 Å². The fraction of sp³-hybridized carbons (Fsp3) is 0.533. The number of ether oxygens (including phenoxy) is 1. The molecule has 5 nitrogen and oxygen atoms in total. The van der Waals surface area contributed by atoms with E-state index in [0.717, 1.165) is 11.3 Å². The molecule has 0 unspecified atom stereocenters. The molecule has 1 atom stereocenters. The third kappa shape index (κ3) is 8.34.